The molecule has 0 aromatic heterocycles. The fourth-order valence-corrected chi connectivity index (χ4v) is 0.704. The van der Waals surface area contributed by atoms with Gasteiger partial charge in [-0.05, 0) is 5.92 Å². The van der Waals surface area contributed by atoms with Crippen LogP contribution in [0.25, 0.3) is 0 Å². The van der Waals surface area contributed by atoms with Crippen molar-refractivity contribution in [2.45, 2.75) is 27.2 Å². The fraction of sp³-hybridized carbons (Fsp3) is 0.750. The van der Waals surface area contributed by atoms with Crippen LogP contribution < -0.4 is 5.73 Å². The molecule has 0 radical (unpaired) electrons. The van der Waals surface area contributed by atoms with Gasteiger partial charge in [-0.2, -0.15) is 0 Å². The number of hydrogen-bond donors (Lipinski definition) is 1. The monoisotopic (exact) mass is 157 g/mol. The lowest BCUT2D eigenvalue weighted by molar-refractivity contribution is -0.129. The highest BCUT2D eigenvalue weighted by molar-refractivity contribution is 5.98. The lowest BCUT2D eigenvalue weighted by atomic mass is 9.92. The molecule has 0 aliphatic carbocycles. The van der Waals surface area contributed by atoms with Crippen LogP contribution in [0.3, 0.4) is 0 Å². The Labute approximate surface area is 67.0 Å². The van der Waals surface area contributed by atoms with E-state index in [1.165, 1.54) is 0 Å². The van der Waals surface area contributed by atoms with Crippen molar-refractivity contribution in [1.82, 2.24) is 0 Å². The SMILES string of the molecule is CC(C)C(C)C(=O)CC(N)=O. The summed E-state index contributed by atoms with van der Waals surface area (Å²) in [5.41, 5.74) is 4.87. The van der Waals surface area contributed by atoms with Crippen molar-refractivity contribution >= 4 is 11.7 Å². The lowest BCUT2D eigenvalue weighted by Gasteiger charge is -2.12. The Morgan fingerprint density at radius 2 is 1.73 bits per heavy atom. The van der Waals surface area contributed by atoms with E-state index in [0.717, 1.165) is 0 Å². The lowest BCUT2D eigenvalue weighted by Crippen LogP contribution is -2.23. The minimum absolute atomic E-state index is 0.0625. The van der Waals surface area contributed by atoms with Crippen molar-refractivity contribution in [3.8, 4) is 0 Å². The third-order valence-electron chi connectivity index (χ3n) is 1.86. The molecule has 0 saturated heterocycles. The molecule has 0 rings (SSSR count). The van der Waals surface area contributed by atoms with Gasteiger partial charge in [0.25, 0.3) is 0 Å². The molecule has 64 valence electrons. The molecular weight excluding hydrogens is 142 g/mol. The van der Waals surface area contributed by atoms with Crippen LogP contribution in [-0.2, 0) is 9.59 Å². The van der Waals surface area contributed by atoms with Gasteiger partial charge in [-0.1, -0.05) is 20.8 Å². The van der Waals surface area contributed by atoms with Crippen LogP contribution in [0.15, 0.2) is 0 Å². The van der Waals surface area contributed by atoms with Crippen molar-refractivity contribution in [2.75, 3.05) is 0 Å². The predicted molar refractivity (Wildman–Crippen MR) is 42.8 cm³/mol. The maximum Gasteiger partial charge on any atom is 0.224 e. The van der Waals surface area contributed by atoms with Gasteiger partial charge in [0.1, 0.15) is 5.78 Å². The Kier molecular flexibility index (Phi) is 3.79. The second kappa shape index (κ2) is 4.11. The summed E-state index contributed by atoms with van der Waals surface area (Å²) in [5.74, 6) is -0.389. The Hall–Kier alpha value is -0.860. The summed E-state index contributed by atoms with van der Waals surface area (Å²) in [4.78, 5) is 21.4. The standard InChI is InChI=1S/C8H15NO2/c1-5(2)6(3)7(10)4-8(9)11/h5-6H,4H2,1-3H3,(H2,9,11). The van der Waals surface area contributed by atoms with E-state index in [1.54, 1.807) is 0 Å². The Balaban J connectivity index is 3.93. The maximum absolute atomic E-state index is 11.1. The third-order valence-corrected chi connectivity index (χ3v) is 1.86. The molecule has 0 aliphatic rings. The van der Waals surface area contributed by atoms with Crippen molar-refractivity contribution in [2.24, 2.45) is 17.6 Å². The van der Waals surface area contributed by atoms with E-state index in [1.807, 2.05) is 20.8 Å². The molecule has 0 heterocycles. The largest absolute Gasteiger partial charge is 0.369 e. The van der Waals surface area contributed by atoms with Gasteiger partial charge in [-0.25, -0.2) is 0 Å². The molecule has 3 nitrogen and oxygen atoms in total. The van der Waals surface area contributed by atoms with Gasteiger partial charge in [0.2, 0.25) is 5.91 Å². The van der Waals surface area contributed by atoms with Crippen LogP contribution in [0.1, 0.15) is 27.2 Å². The summed E-state index contributed by atoms with van der Waals surface area (Å²) in [7, 11) is 0. The molecule has 0 saturated carbocycles. The highest BCUT2D eigenvalue weighted by Gasteiger charge is 2.17. The summed E-state index contributed by atoms with van der Waals surface area (Å²) in [6, 6.07) is 0. The van der Waals surface area contributed by atoms with Gasteiger partial charge in [-0.3, -0.25) is 9.59 Å². The molecule has 0 fully saturated rings. The fourth-order valence-electron chi connectivity index (χ4n) is 0.704. The predicted octanol–water partition coefficient (Wildman–Crippen LogP) is 0.723. The van der Waals surface area contributed by atoms with Gasteiger partial charge in [0.15, 0.2) is 0 Å². The first kappa shape index (κ1) is 10.1. The highest BCUT2D eigenvalue weighted by Crippen LogP contribution is 2.11. The molecule has 0 aromatic carbocycles. The second-order valence-corrected chi connectivity index (χ2v) is 3.14. The summed E-state index contributed by atoms with van der Waals surface area (Å²) in [6.45, 7) is 5.71. The number of carbonyl (C=O) groups excluding carboxylic acids is 2. The topological polar surface area (TPSA) is 60.2 Å². The molecule has 1 atom stereocenters. The minimum Gasteiger partial charge on any atom is -0.369 e. The van der Waals surface area contributed by atoms with Crippen molar-refractivity contribution in [3.05, 3.63) is 0 Å². The Morgan fingerprint density at radius 1 is 1.27 bits per heavy atom. The molecule has 3 heteroatoms. The smallest absolute Gasteiger partial charge is 0.224 e. The summed E-state index contributed by atoms with van der Waals surface area (Å²) in [5, 5.41) is 0. The maximum atomic E-state index is 11.1. The minimum atomic E-state index is -0.539. The van der Waals surface area contributed by atoms with E-state index in [9.17, 15) is 9.59 Å². The van der Waals surface area contributed by atoms with E-state index in [-0.39, 0.29) is 24.0 Å². The summed E-state index contributed by atoms with van der Waals surface area (Å²) >= 11 is 0. The number of rotatable bonds is 4. The molecule has 1 amide bonds. The van der Waals surface area contributed by atoms with Gasteiger partial charge < -0.3 is 5.73 Å². The van der Waals surface area contributed by atoms with E-state index in [2.05, 4.69) is 0 Å². The molecule has 0 aliphatic heterocycles. The van der Waals surface area contributed by atoms with Crippen LogP contribution in [0, 0.1) is 11.8 Å². The van der Waals surface area contributed by atoms with Crippen molar-refractivity contribution in [1.29, 1.82) is 0 Å². The number of hydrogen-bond acceptors (Lipinski definition) is 2. The van der Waals surface area contributed by atoms with E-state index < -0.39 is 5.91 Å². The van der Waals surface area contributed by atoms with Crippen LogP contribution in [0.2, 0.25) is 0 Å². The van der Waals surface area contributed by atoms with E-state index in [4.69, 9.17) is 5.73 Å². The molecule has 1 unspecified atom stereocenters. The Bertz CT molecular complexity index is 163. The summed E-state index contributed by atoms with van der Waals surface area (Å²) in [6.07, 6.45) is -0.126. The first-order valence-corrected chi connectivity index (χ1v) is 3.76. The summed E-state index contributed by atoms with van der Waals surface area (Å²) < 4.78 is 0. The zero-order chi connectivity index (χ0) is 9.02. The Morgan fingerprint density at radius 3 is 2.00 bits per heavy atom. The number of nitrogens with two attached hydrogens (primary N) is 1. The molecule has 2 N–H and O–H groups in total. The van der Waals surface area contributed by atoms with Gasteiger partial charge in [0.05, 0.1) is 6.42 Å². The van der Waals surface area contributed by atoms with Crippen LogP contribution in [-0.4, -0.2) is 11.7 Å². The van der Waals surface area contributed by atoms with Gasteiger partial charge in [0, 0.05) is 5.92 Å². The van der Waals surface area contributed by atoms with E-state index in [0.29, 0.717) is 0 Å². The molecule has 0 bridgehead atoms. The van der Waals surface area contributed by atoms with Crippen molar-refractivity contribution < 1.29 is 9.59 Å². The number of carbonyl (C=O) groups is 2. The van der Waals surface area contributed by atoms with E-state index >= 15 is 0 Å². The molecule has 11 heavy (non-hydrogen) atoms. The zero-order valence-electron chi connectivity index (χ0n) is 7.26. The molecule has 0 spiro atoms. The van der Waals surface area contributed by atoms with Gasteiger partial charge in [-0.15, -0.1) is 0 Å². The quantitative estimate of drug-likeness (QED) is 0.611. The first-order valence-electron chi connectivity index (χ1n) is 3.76. The molecule has 0 aromatic rings. The van der Waals surface area contributed by atoms with Crippen molar-refractivity contribution in [3.63, 3.8) is 0 Å². The second-order valence-electron chi connectivity index (χ2n) is 3.14. The van der Waals surface area contributed by atoms with Crippen LogP contribution in [0.4, 0.5) is 0 Å². The highest BCUT2D eigenvalue weighted by atomic mass is 16.2. The number of ketones is 1. The zero-order valence-corrected chi connectivity index (χ0v) is 7.26. The molecular formula is C8H15NO2. The number of amides is 1. The first-order chi connectivity index (χ1) is 4.95. The normalized spacial score (nSPS) is 13.1. The van der Waals surface area contributed by atoms with Crippen LogP contribution in [0.5, 0.6) is 0 Å². The average Bonchev–Trinajstić information content (AvgIpc) is 1.84. The number of primary amides is 1. The number of Topliss-reactive ketones (excluding diaryl/α,β-unsaturated/α-hetero) is 1. The van der Waals surface area contributed by atoms with Crippen LogP contribution >= 0.6 is 0 Å². The average molecular weight is 157 g/mol. The third kappa shape index (κ3) is 3.75. The van der Waals surface area contributed by atoms with Gasteiger partial charge >= 0.3 is 0 Å².